The number of nitrogens with zero attached hydrogens (tertiary/aromatic N) is 3. The van der Waals surface area contributed by atoms with Gasteiger partial charge < -0.3 is 76.8 Å². The van der Waals surface area contributed by atoms with Crippen LogP contribution in [-0.2, 0) is 81.7 Å². The fourth-order valence-electron chi connectivity index (χ4n) is 14.7. The van der Waals surface area contributed by atoms with Gasteiger partial charge in [-0.1, -0.05) is 126 Å². The first-order valence-electron chi connectivity index (χ1n) is 42.0. The van der Waals surface area contributed by atoms with Crippen molar-refractivity contribution in [3.8, 4) is 17.2 Å². The highest BCUT2D eigenvalue weighted by Gasteiger charge is 2.43. The lowest BCUT2D eigenvalue weighted by molar-refractivity contribution is -0.141. The monoisotopic (exact) mass is 1610 g/mol. The molecule has 9 N–H and O–H groups in total. The Morgan fingerprint density at radius 1 is 0.350 bits per heavy atom. The summed E-state index contributed by atoms with van der Waals surface area (Å²) in [5.41, 5.74) is 8.08. The quantitative estimate of drug-likeness (QED) is 0.0660. The van der Waals surface area contributed by atoms with Crippen molar-refractivity contribution >= 4 is 53.2 Å². The van der Waals surface area contributed by atoms with Crippen LogP contribution in [0.1, 0.15) is 144 Å². The topological polar surface area (TPSA) is 299 Å². The molecule has 3 saturated carbocycles. The number of ether oxygens (including phenoxy) is 3. The van der Waals surface area contributed by atoms with Crippen molar-refractivity contribution in [2.75, 3.05) is 60.4 Å². The van der Waals surface area contributed by atoms with Gasteiger partial charge in [-0.3, -0.25) is 43.2 Å². The molecule has 6 aliphatic rings. The van der Waals surface area contributed by atoms with Gasteiger partial charge >= 0.3 is 0 Å². The van der Waals surface area contributed by atoms with Gasteiger partial charge in [0.15, 0.2) is 0 Å². The van der Waals surface area contributed by atoms with Crippen molar-refractivity contribution in [2.24, 2.45) is 17.8 Å². The number of fused-ring (bicyclic) bond motifs is 3. The van der Waals surface area contributed by atoms with E-state index in [0.717, 1.165) is 120 Å². The van der Waals surface area contributed by atoms with E-state index in [1.165, 1.54) is 26.8 Å². The van der Waals surface area contributed by atoms with Gasteiger partial charge in [-0.25, -0.2) is 4.39 Å². The van der Waals surface area contributed by atoms with E-state index >= 15 is 0 Å². The van der Waals surface area contributed by atoms with E-state index in [1.807, 2.05) is 156 Å². The Kier molecular flexibility index (Phi) is 33.0. The molecule has 3 fully saturated rings. The zero-order chi connectivity index (χ0) is 83.8. The molecule has 0 bridgehead atoms. The summed E-state index contributed by atoms with van der Waals surface area (Å²) in [6.45, 7) is 17.9. The summed E-state index contributed by atoms with van der Waals surface area (Å²) < 4.78 is 32.2. The molecule has 630 valence electrons. The Balaban J connectivity index is 0.000000185. The summed E-state index contributed by atoms with van der Waals surface area (Å²) in [5.74, 6) is 0.479. The highest BCUT2D eigenvalue weighted by molar-refractivity contribution is 5.95. The minimum absolute atomic E-state index is 0.117. The second-order valence-electron chi connectivity index (χ2n) is 32.7. The molecule has 1 unspecified atom stereocenters. The van der Waals surface area contributed by atoms with Crippen LogP contribution in [0.25, 0.3) is 0 Å². The summed E-state index contributed by atoms with van der Waals surface area (Å²) >= 11 is 0. The number of rotatable bonds is 9. The summed E-state index contributed by atoms with van der Waals surface area (Å²) in [5, 5.41) is 27.9. The summed E-state index contributed by atoms with van der Waals surface area (Å²) in [6, 6.07) is 39.7. The molecule has 0 saturated heterocycles. The van der Waals surface area contributed by atoms with Gasteiger partial charge in [0, 0.05) is 79.7 Å². The number of hydrogen-bond donors (Lipinski definition) is 9. The molecule has 24 nitrogen and oxygen atoms in total. The van der Waals surface area contributed by atoms with Crippen molar-refractivity contribution in [3.05, 3.63) is 196 Å². The number of likely N-dealkylation sites (N-methyl/N-ethyl adjacent to an activating group) is 3. The van der Waals surface area contributed by atoms with Gasteiger partial charge in [0.05, 0.1) is 18.1 Å². The molecule has 25 heteroatoms. The lowest BCUT2D eigenvalue weighted by Crippen LogP contribution is -2.57. The largest absolute Gasteiger partial charge is 0.489 e. The number of benzene rings is 6. The third kappa shape index (κ3) is 26.9. The Morgan fingerprint density at radius 2 is 0.607 bits per heavy atom. The van der Waals surface area contributed by atoms with Crippen molar-refractivity contribution in [1.29, 1.82) is 0 Å². The number of hydrogen-bond acceptors (Lipinski definition) is 15. The average Bonchev–Trinajstić information content (AvgIpc) is 1.73. The van der Waals surface area contributed by atoms with Crippen LogP contribution in [-0.4, -0.2) is 201 Å². The Hall–Kier alpha value is -10.2. The van der Waals surface area contributed by atoms with Crippen molar-refractivity contribution in [1.82, 2.24) is 62.6 Å². The predicted molar refractivity (Wildman–Crippen MR) is 449 cm³/mol. The number of aryl methyl sites for hydroxylation is 5. The molecule has 0 spiro atoms. The van der Waals surface area contributed by atoms with Gasteiger partial charge in [-0.05, 0) is 214 Å². The number of amides is 9. The highest BCUT2D eigenvalue weighted by Crippen LogP contribution is 2.36. The van der Waals surface area contributed by atoms with E-state index in [2.05, 4.69) is 47.9 Å². The van der Waals surface area contributed by atoms with Crippen LogP contribution in [0.5, 0.6) is 17.2 Å². The summed E-state index contributed by atoms with van der Waals surface area (Å²) in [4.78, 5) is 125. The fraction of sp³-hybridized carbons (Fsp3) is 0.511. The van der Waals surface area contributed by atoms with Gasteiger partial charge in [-0.2, -0.15) is 0 Å². The maximum Gasteiger partial charge on any atom is 0.243 e. The second-order valence-corrected chi connectivity index (χ2v) is 32.7. The van der Waals surface area contributed by atoms with Gasteiger partial charge in [-0.15, -0.1) is 0 Å². The first kappa shape index (κ1) is 89.1. The molecule has 9 amide bonds. The van der Waals surface area contributed by atoms with E-state index < -0.39 is 48.2 Å². The van der Waals surface area contributed by atoms with Crippen molar-refractivity contribution in [3.63, 3.8) is 0 Å². The molecule has 3 heterocycles. The van der Waals surface area contributed by atoms with E-state index in [-0.39, 0.29) is 108 Å². The number of carbonyl (C=O) groups excluding carboxylic acids is 9. The smallest absolute Gasteiger partial charge is 0.243 e. The minimum atomic E-state index is -0.873. The van der Waals surface area contributed by atoms with Crippen LogP contribution in [0.4, 0.5) is 4.39 Å². The maximum absolute atomic E-state index is 13.5. The van der Waals surface area contributed by atoms with E-state index in [1.54, 1.807) is 54.0 Å². The summed E-state index contributed by atoms with van der Waals surface area (Å²) in [7, 11) is 4.94. The maximum atomic E-state index is 13.5. The Labute approximate surface area is 689 Å². The van der Waals surface area contributed by atoms with Gasteiger partial charge in [0.2, 0.25) is 53.2 Å². The molecule has 3 aliphatic heterocycles. The fourth-order valence-corrected chi connectivity index (χ4v) is 14.7. The highest BCUT2D eigenvalue weighted by atomic mass is 19.1. The first-order valence-corrected chi connectivity index (χ1v) is 42.0. The predicted octanol–water partition coefficient (Wildman–Crippen LogP) is 8.13. The van der Waals surface area contributed by atoms with Crippen molar-refractivity contribution in [2.45, 2.75) is 224 Å². The third-order valence-corrected chi connectivity index (χ3v) is 22.9. The zero-order valence-electron chi connectivity index (χ0n) is 70.0. The molecule has 0 radical (unpaired) electrons. The first-order chi connectivity index (χ1) is 56.2. The zero-order valence-corrected chi connectivity index (χ0v) is 70.0. The normalized spacial score (nSPS) is 25.9. The van der Waals surface area contributed by atoms with Gasteiger partial charge in [0.25, 0.3) is 0 Å². The molecule has 6 aromatic rings. The van der Waals surface area contributed by atoms with E-state index in [0.29, 0.717) is 70.5 Å². The van der Waals surface area contributed by atoms with Crippen LogP contribution < -0.4 is 62.1 Å². The summed E-state index contributed by atoms with van der Waals surface area (Å²) in [6.07, 6.45) is 10.7. The van der Waals surface area contributed by atoms with E-state index in [4.69, 9.17) is 14.2 Å². The lowest BCUT2D eigenvalue weighted by atomic mass is 10.0. The Morgan fingerprint density at radius 3 is 0.872 bits per heavy atom. The van der Waals surface area contributed by atoms with Crippen molar-refractivity contribution < 1.29 is 61.8 Å². The number of carbonyl (C=O) groups is 9. The lowest BCUT2D eigenvalue weighted by Gasteiger charge is -2.31. The number of halogens is 1. The molecule has 3 aliphatic carbocycles. The molecular formula is C92H123FN12O12. The second kappa shape index (κ2) is 43.3. The van der Waals surface area contributed by atoms with Crippen LogP contribution in [0.3, 0.4) is 0 Å². The standard InChI is InChI=1S/2C31H42N4O4.C30H39FN4O4/c2*1-20-11-13-23(14-12-20)18-26-30(37)32-17-7-9-24-8-5-6-10-27(24)39-21(2)19-33-28(25-15-16-25)31(38)35(4)22(3)29(36)34-26;1-19-18-33-27(23-12-13-23)30(38)35(3)20(2)28(36)34-25(17-21-10-14-24(31)15-11-21)29(37)32-16-6-8-22-7-4-5-9-26(22)39-19/h2*5-6,8,10-14,21-22,25-26,28,33H,7,9,15-19H2,1-4H3,(H,32,37)(H,34,36);4-5,7,9-11,14-15,19-20,23,25,27,33H,6,8,12-13,16-18H2,1-3H3,(H,32,37)(H,34,36)/t21?,22-,26-,28+;21-,22+,26+,28-;19-,20-,25-,27+/m101/s1. The van der Waals surface area contributed by atoms with Crippen LogP contribution in [0.15, 0.2) is 146 Å². The molecular weight excluding hydrogens is 1480 g/mol. The SMILES string of the molecule is C[C@@H]1CN[C@@H](C2CC2)C(=O)N(C)[C@H](C)C(=O)N[C@H](Cc2ccc(F)cc2)C(=O)NCCCc2ccccc2O1.Cc1ccc(C[C@H]2NC(=O)[C@@H](C)N(C)C(=O)[C@H](C3CC3)NCC(C)Oc3ccccc3CCCNC2=O)cc1.Cc1ccc(C[C@H]2NC(=O)[C@@H](C)N(C)C(=O)[C@H](C3CC3)NC[C@H](C)Oc3ccccc3CCCNC2=O)cc1. The molecule has 12 rings (SSSR count). The molecule has 12 atom stereocenters. The Bertz CT molecular complexity index is 3880. The number of para-hydroxylation sites is 3. The van der Waals surface area contributed by atoms with Crippen LogP contribution in [0, 0.1) is 37.4 Å². The van der Waals surface area contributed by atoms with Gasteiger partial charge in [0.1, 0.15) is 77.6 Å². The minimum Gasteiger partial charge on any atom is -0.489 e. The average molecular weight is 1610 g/mol. The molecule has 117 heavy (non-hydrogen) atoms. The third-order valence-electron chi connectivity index (χ3n) is 22.9. The number of nitrogens with one attached hydrogen (secondary N) is 9. The van der Waals surface area contributed by atoms with Crippen LogP contribution in [0.2, 0.25) is 0 Å². The molecule has 6 aromatic carbocycles. The molecule has 0 aromatic heterocycles. The van der Waals surface area contributed by atoms with Crippen LogP contribution >= 0.6 is 0 Å². The van der Waals surface area contributed by atoms with E-state index in [9.17, 15) is 47.5 Å².